The van der Waals surface area contributed by atoms with Crippen LogP contribution in [0.15, 0.2) is 128 Å². The van der Waals surface area contributed by atoms with E-state index >= 15 is 0 Å². The van der Waals surface area contributed by atoms with Gasteiger partial charge in [0.2, 0.25) is 0 Å². The molecule has 0 aliphatic rings. The number of hydrogen-bond donors (Lipinski definition) is 0. The van der Waals surface area contributed by atoms with E-state index in [9.17, 15) is 0 Å². The van der Waals surface area contributed by atoms with E-state index in [1.807, 2.05) is 17.4 Å². The summed E-state index contributed by atoms with van der Waals surface area (Å²) in [4.78, 5) is 0. The molecule has 0 N–H and O–H groups in total. The monoisotopic (exact) mass is 526 g/mol. The van der Waals surface area contributed by atoms with Crippen LogP contribution in [0.4, 0.5) is 0 Å². The van der Waals surface area contributed by atoms with E-state index in [1.54, 1.807) is 0 Å². The Morgan fingerprint density at radius 1 is 0.500 bits per heavy atom. The van der Waals surface area contributed by atoms with Gasteiger partial charge < -0.3 is 0 Å². The Balaban J connectivity index is 1.29. The Hall–Kier alpha value is -4.72. The van der Waals surface area contributed by atoms with Crippen LogP contribution in [0.1, 0.15) is 11.1 Å². The van der Waals surface area contributed by atoms with Gasteiger partial charge in [-0.15, -0.1) is 11.3 Å². The third-order valence-electron chi connectivity index (χ3n) is 8.45. The largest absolute Gasteiger partial charge is 0.135 e. The molecule has 0 radical (unpaired) electrons. The third-order valence-corrected chi connectivity index (χ3v) is 9.67. The van der Waals surface area contributed by atoms with Gasteiger partial charge in [0.15, 0.2) is 0 Å². The number of rotatable bonds is 3. The first-order chi connectivity index (χ1) is 19.7. The van der Waals surface area contributed by atoms with Crippen LogP contribution in [0.2, 0.25) is 0 Å². The molecule has 0 atom stereocenters. The molecule has 0 fully saturated rings. The van der Waals surface area contributed by atoms with Gasteiger partial charge in [0.25, 0.3) is 0 Å². The Morgan fingerprint density at radius 2 is 1.12 bits per heavy atom. The van der Waals surface area contributed by atoms with Crippen LogP contribution in [-0.2, 0) is 0 Å². The zero-order valence-electron chi connectivity index (χ0n) is 22.2. The van der Waals surface area contributed by atoms with E-state index in [2.05, 4.69) is 135 Å². The second-order valence-corrected chi connectivity index (χ2v) is 11.6. The van der Waals surface area contributed by atoms with Crippen molar-refractivity contribution in [3.05, 3.63) is 139 Å². The highest BCUT2D eigenvalue weighted by atomic mass is 32.1. The minimum atomic E-state index is 1.22. The molecule has 0 spiro atoms. The summed E-state index contributed by atoms with van der Waals surface area (Å²) in [6.07, 6.45) is 2.00. The third kappa shape index (κ3) is 3.38. The fraction of sp³-hybridized carbons (Fsp3) is 0.0256. The van der Waals surface area contributed by atoms with Gasteiger partial charge in [0, 0.05) is 25.6 Å². The summed E-state index contributed by atoms with van der Waals surface area (Å²) in [6, 6.07) is 44.7. The SMILES string of the molecule is C=Cc1c(C)c2ccccc2c2cc(-c3ccc(-c4cc5c6ccccc6sc5c5ccccc45)cc3)ccc12. The quantitative estimate of drug-likeness (QED) is 0.201. The van der Waals surface area contributed by atoms with Crippen molar-refractivity contribution in [2.45, 2.75) is 6.92 Å². The summed E-state index contributed by atoms with van der Waals surface area (Å²) in [5, 5.41) is 10.4. The van der Waals surface area contributed by atoms with Crippen LogP contribution in [0.25, 0.3) is 80.8 Å². The molecule has 0 aliphatic heterocycles. The first-order valence-corrected chi connectivity index (χ1v) is 14.5. The van der Waals surface area contributed by atoms with Crippen molar-refractivity contribution in [2.75, 3.05) is 0 Å². The molecule has 0 saturated carbocycles. The van der Waals surface area contributed by atoms with Gasteiger partial charge in [0.05, 0.1) is 0 Å². The summed E-state index contributed by atoms with van der Waals surface area (Å²) < 4.78 is 2.71. The van der Waals surface area contributed by atoms with Crippen LogP contribution in [-0.4, -0.2) is 0 Å². The van der Waals surface area contributed by atoms with Crippen LogP contribution in [0.3, 0.4) is 0 Å². The van der Waals surface area contributed by atoms with Crippen molar-refractivity contribution >= 4 is 69.9 Å². The highest BCUT2D eigenvalue weighted by Gasteiger charge is 2.14. The summed E-state index contributed by atoms with van der Waals surface area (Å²) in [7, 11) is 0. The minimum Gasteiger partial charge on any atom is -0.135 e. The Kier molecular flexibility index (Phi) is 5.17. The van der Waals surface area contributed by atoms with Crippen LogP contribution < -0.4 is 0 Å². The number of aryl methyl sites for hydroxylation is 1. The molecule has 7 aromatic carbocycles. The number of benzene rings is 7. The second kappa shape index (κ2) is 8.91. The van der Waals surface area contributed by atoms with Crippen molar-refractivity contribution in [1.29, 1.82) is 0 Å². The molecule has 0 saturated heterocycles. The van der Waals surface area contributed by atoms with Gasteiger partial charge in [-0.25, -0.2) is 0 Å². The molecule has 0 bridgehead atoms. The Bertz CT molecular complexity index is 2280. The summed E-state index contributed by atoms with van der Waals surface area (Å²) in [5.41, 5.74) is 7.49. The molecule has 0 aliphatic carbocycles. The van der Waals surface area contributed by atoms with E-state index in [0.29, 0.717) is 0 Å². The van der Waals surface area contributed by atoms with Crippen molar-refractivity contribution in [2.24, 2.45) is 0 Å². The van der Waals surface area contributed by atoms with Crippen molar-refractivity contribution in [1.82, 2.24) is 0 Å². The lowest BCUT2D eigenvalue weighted by Gasteiger charge is -2.14. The van der Waals surface area contributed by atoms with Gasteiger partial charge in [-0.1, -0.05) is 116 Å². The van der Waals surface area contributed by atoms with Gasteiger partial charge in [-0.2, -0.15) is 0 Å². The van der Waals surface area contributed by atoms with Crippen LogP contribution in [0, 0.1) is 6.92 Å². The van der Waals surface area contributed by atoms with E-state index in [1.165, 1.54) is 85.9 Å². The molecule has 188 valence electrons. The zero-order chi connectivity index (χ0) is 26.8. The van der Waals surface area contributed by atoms with Crippen molar-refractivity contribution in [3.63, 3.8) is 0 Å². The number of thiophene rings is 1. The first-order valence-electron chi connectivity index (χ1n) is 13.7. The summed E-state index contributed by atoms with van der Waals surface area (Å²) >= 11 is 1.89. The van der Waals surface area contributed by atoms with E-state index in [0.717, 1.165) is 0 Å². The summed E-state index contributed by atoms with van der Waals surface area (Å²) in [5.74, 6) is 0. The zero-order valence-corrected chi connectivity index (χ0v) is 23.1. The maximum absolute atomic E-state index is 4.12. The standard InChI is InChI=1S/C39H26S/c1-3-28-24(2)29-10-4-5-11-30(29)36-22-27(20-21-32(28)36)25-16-18-26(19-17-25)35-23-37-33-13-8-9-15-38(33)40-39(37)34-14-7-6-12-31(34)35/h3-23H,1H2,2H3. The van der Waals surface area contributed by atoms with Gasteiger partial charge in [-0.3, -0.25) is 0 Å². The molecule has 0 amide bonds. The molecule has 0 unspecified atom stereocenters. The molecule has 1 heteroatoms. The van der Waals surface area contributed by atoms with Crippen molar-refractivity contribution in [3.8, 4) is 22.3 Å². The van der Waals surface area contributed by atoms with Crippen LogP contribution in [0.5, 0.6) is 0 Å². The van der Waals surface area contributed by atoms with Crippen molar-refractivity contribution < 1.29 is 0 Å². The van der Waals surface area contributed by atoms with E-state index in [-0.39, 0.29) is 0 Å². The molecular weight excluding hydrogens is 500 g/mol. The number of fused-ring (bicyclic) bond motifs is 8. The summed E-state index contributed by atoms with van der Waals surface area (Å²) in [6.45, 7) is 6.32. The molecule has 0 nitrogen and oxygen atoms in total. The molecule has 40 heavy (non-hydrogen) atoms. The highest BCUT2D eigenvalue weighted by Crippen LogP contribution is 2.43. The Labute approximate surface area is 237 Å². The van der Waals surface area contributed by atoms with Gasteiger partial charge in [-0.05, 0) is 85.4 Å². The van der Waals surface area contributed by atoms with Crippen LogP contribution >= 0.6 is 11.3 Å². The minimum absolute atomic E-state index is 1.22. The number of hydrogen-bond acceptors (Lipinski definition) is 1. The lowest BCUT2D eigenvalue weighted by molar-refractivity contribution is 1.53. The maximum atomic E-state index is 4.12. The molecule has 8 rings (SSSR count). The smallest absolute Gasteiger partial charge is 0.0434 e. The van der Waals surface area contributed by atoms with E-state index in [4.69, 9.17) is 0 Å². The molecule has 1 aromatic heterocycles. The maximum Gasteiger partial charge on any atom is 0.0434 e. The van der Waals surface area contributed by atoms with E-state index < -0.39 is 0 Å². The second-order valence-electron chi connectivity index (χ2n) is 10.6. The highest BCUT2D eigenvalue weighted by molar-refractivity contribution is 7.26. The Morgan fingerprint density at radius 3 is 1.90 bits per heavy atom. The average molecular weight is 527 g/mol. The average Bonchev–Trinajstić information content (AvgIpc) is 3.40. The topological polar surface area (TPSA) is 0 Å². The molecule has 1 heterocycles. The van der Waals surface area contributed by atoms with Gasteiger partial charge >= 0.3 is 0 Å². The predicted molar refractivity (Wildman–Crippen MR) is 178 cm³/mol. The fourth-order valence-electron chi connectivity index (χ4n) is 6.46. The lowest BCUT2D eigenvalue weighted by atomic mass is 9.90. The molecular formula is C39H26S. The molecule has 8 aromatic rings. The lowest BCUT2D eigenvalue weighted by Crippen LogP contribution is -1.89. The predicted octanol–water partition coefficient (Wildman–Crippen LogP) is 11.8. The van der Waals surface area contributed by atoms with Gasteiger partial charge in [0.1, 0.15) is 0 Å². The fourth-order valence-corrected chi connectivity index (χ4v) is 7.69. The first kappa shape index (κ1) is 23.2. The normalized spacial score (nSPS) is 11.7.